The maximum absolute atomic E-state index is 12.9. The number of hydrogen-bond donors (Lipinski definition) is 1. The second-order valence-corrected chi connectivity index (χ2v) is 6.57. The van der Waals surface area contributed by atoms with E-state index < -0.39 is 0 Å². The van der Waals surface area contributed by atoms with E-state index in [2.05, 4.69) is 10.2 Å². The van der Waals surface area contributed by atoms with Crippen molar-refractivity contribution in [3.8, 4) is 0 Å². The van der Waals surface area contributed by atoms with E-state index in [4.69, 9.17) is 0 Å². The summed E-state index contributed by atoms with van der Waals surface area (Å²) in [6, 6.07) is 6.65. The molecule has 0 saturated carbocycles. The molecule has 0 aromatic heterocycles. The third-order valence-electron chi connectivity index (χ3n) is 5.04. The van der Waals surface area contributed by atoms with Crippen molar-refractivity contribution in [1.29, 1.82) is 0 Å². The van der Waals surface area contributed by atoms with Crippen LogP contribution in [0.3, 0.4) is 0 Å². The van der Waals surface area contributed by atoms with Crippen molar-refractivity contribution < 1.29 is 9.18 Å². The zero-order chi connectivity index (χ0) is 15.4. The Kier molecular flexibility index (Phi) is 5.21. The standard InChI is InChI=1S/C18H25FN2O/c19-16-5-3-14(4-6-16)18(22)15-7-11-21(12-8-15)13-9-17-2-1-10-20-17/h3-6,15,17,20H,1-2,7-13H2. The molecule has 0 bridgehead atoms. The Balaban J connectivity index is 1.44. The van der Waals surface area contributed by atoms with Crippen molar-refractivity contribution in [2.45, 2.75) is 38.1 Å². The number of halogens is 1. The number of rotatable bonds is 5. The molecule has 2 aliphatic rings. The third kappa shape index (κ3) is 3.93. The number of Topliss-reactive ketones (excluding diaryl/α,β-unsaturated/α-hetero) is 1. The van der Waals surface area contributed by atoms with Gasteiger partial charge in [-0.1, -0.05) is 0 Å². The first kappa shape index (κ1) is 15.6. The van der Waals surface area contributed by atoms with Crippen LogP contribution in [0.15, 0.2) is 24.3 Å². The van der Waals surface area contributed by atoms with E-state index in [1.807, 2.05) is 0 Å². The number of benzene rings is 1. The highest BCUT2D eigenvalue weighted by atomic mass is 19.1. The highest BCUT2D eigenvalue weighted by molar-refractivity contribution is 5.97. The van der Waals surface area contributed by atoms with Gasteiger partial charge in [-0.25, -0.2) is 4.39 Å². The molecule has 4 heteroatoms. The molecule has 1 atom stereocenters. The Morgan fingerprint density at radius 1 is 1.18 bits per heavy atom. The molecule has 0 amide bonds. The zero-order valence-corrected chi connectivity index (χ0v) is 13.1. The largest absolute Gasteiger partial charge is 0.314 e. The van der Waals surface area contributed by atoms with Gasteiger partial charge in [0.25, 0.3) is 0 Å². The summed E-state index contributed by atoms with van der Waals surface area (Å²) in [5, 5.41) is 3.54. The topological polar surface area (TPSA) is 32.3 Å². The highest BCUT2D eigenvalue weighted by Crippen LogP contribution is 2.22. The normalized spacial score (nSPS) is 23.8. The van der Waals surface area contributed by atoms with Crippen molar-refractivity contribution in [3.63, 3.8) is 0 Å². The lowest BCUT2D eigenvalue weighted by molar-refractivity contribution is 0.0837. The van der Waals surface area contributed by atoms with Gasteiger partial charge < -0.3 is 10.2 Å². The second kappa shape index (κ2) is 7.34. The smallest absolute Gasteiger partial charge is 0.166 e. The summed E-state index contributed by atoms with van der Waals surface area (Å²) < 4.78 is 12.9. The van der Waals surface area contributed by atoms with Crippen LogP contribution in [0.5, 0.6) is 0 Å². The minimum atomic E-state index is -0.285. The fourth-order valence-corrected chi connectivity index (χ4v) is 3.61. The minimum Gasteiger partial charge on any atom is -0.314 e. The molecule has 1 unspecified atom stereocenters. The summed E-state index contributed by atoms with van der Waals surface area (Å²) in [6.07, 6.45) is 5.68. The Bertz CT molecular complexity index is 488. The van der Waals surface area contributed by atoms with Crippen LogP contribution >= 0.6 is 0 Å². The fourth-order valence-electron chi connectivity index (χ4n) is 3.61. The molecule has 2 fully saturated rings. The summed E-state index contributed by atoms with van der Waals surface area (Å²) in [4.78, 5) is 14.9. The van der Waals surface area contributed by atoms with Gasteiger partial charge in [-0.15, -0.1) is 0 Å². The van der Waals surface area contributed by atoms with Crippen molar-refractivity contribution in [3.05, 3.63) is 35.6 Å². The second-order valence-electron chi connectivity index (χ2n) is 6.57. The fraction of sp³-hybridized carbons (Fsp3) is 0.611. The predicted molar refractivity (Wildman–Crippen MR) is 85.5 cm³/mol. The molecule has 2 aliphatic heterocycles. The van der Waals surface area contributed by atoms with Crippen LogP contribution in [0.4, 0.5) is 4.39 Å². The predicted octanol–water partition coefficient (Wildman–Crippen LogP) is 2.86. The molecule has 2 saturated heterocycles. The Hall–Kier alpha value is -1.26. The van der Waals surface area contributed by atoms with E-state index in [-0.39, 0.29) is 17.5 Å². The number of likely N-dealkylation sites (tertiary alicyclic amines) is 1. The number of hydrogen-bond acceptors (Lipinski definition) is 3. The number of nitrogens with one attached hydrogen (secondary N) is 1. The Morgan fingerprint density at radius 3 is 2.55 bits per heavy atom. The van der Waals surface area contributed by atoms with Crippen LogP contribution < -0.4 is 5.32 Å². The number of piperidine rings is 1. The monoisotopic (exact) mass is 304 g/mol. The van der Waals surface area contributed by atoms with Crippen molar-refractivity contribution in [1.82, 2.24) is 10.2 Å². The van der Waals surface area contributed by atoms with Crippen molar-refractivity contribution in [2.24, 2.45) is 5.92 Å². The van der Waals surface area contributed by atoms with Crippen molar-refractivity contribution in [2.75, 3.05) is 26.2 Å². The molecule has 1 aromatic carbocycles. The van der Waals surface area contributed by atoms with Gasteiger partial charge in [0.1, 0.15) is 5.82 Å². The molecule has 0 spiro atoms. The first-order valence-corrected chi connectivity index (χ1v) is 8.48. The van der Waals surface area contributed by atoms with Gasteiger partial charge in [-0.05, 0) is 82.5 Å². The average Bonchev–Trinajstić information content (AvgIpc) is 3.07. The number of ketones is 1. The molecule has 0 radical (unpaired) electrons. The molecule has 3 rings (SSSR count). The number of nitrogens with zero attached hydrogens (tertiary/aromatic N) is 1. The average molecular weight is 304 g/mol. The molecule has 0 aliphatic carbocycles. The van der Waals surface area contributed by atoms with Crippen LogP contribution in [-0.4, -0.2) is 42.9 Å². The zero-order valence-electron chi connectivity index (χ0n) is 13.1. The minimum absolute atomic E-state index is 0.103. The molecule has 1 aromatic rings. The van der Waals surface area contributed by atoms with E-state index in [0.29, 0.717) is 11.6 Å². The van der Waals surface area contributed by atoms with Gasteiger partial charge in [0.05, 0.1) is 0 Å². The van der Waals surface area contributed by atoms with Crippen LogP contribution in [0.25, 0.3) is 0 Å². The quantitative estimate of drug-likeness (QED) is 0.849. The van der Waals surface area contributed by atoms with E-state index in [0.717, 1.165) is 32.5 Å². The molecule has 1 N–H and O–H groups in total. The summed E-state index contributed by atoms with van der Waals surface area (Å²) >= 11 is 0. The van der Waals surface area contributed by atoms with Crippen LogP contribution in [-0.2, 0) is 0 Å². The van der Waals surface area contributed by atoms with E-state index >= 15 is 0 Å². The van der Waals surface area contributed by atoms with E-state index in [9.17, 15) is 9.18 Å². The van der Waals surface area contributed by atoms with E-state index in [1.54, 1.807) is 12.1 Å². The molecule has 3 nitrogen and oxygen atoms in total. The molecule has 120 valence electrons. The van der Waals surface area contributed by atoms with Gasteiger partial charge in [-0.2, -0.15) is 0 Å². The summed E-state index contributed by atoms with van der Waals surface area (Å²) in [5.41, 5.74) is 0.648. The Labute approximate surface area is 131 Å². The summed E-state index contributed by atoms with van der Waals surface area (Å²) in [5.74, 6) is -0.00434. The SMILES string of the molecule is O=C(c1ccc(F)cc1)C1CCN(CCC2CCCN2)CC1. The summed E-state index contributed by atoms with van der Waals surface area (Å²) in [6.45, 7) is 4.31. The molecular formula is C18H25FN2O. The summed E-state index contributed by atoms with van der Waals surface area (Å²) in [7, 11) is 0. The molecule has 2 heterocycles. The highest BCUT2D eigenvalue weighted by Gasteiger charge is 2.26. The first-order valence-electron chi connectivity index (χ1n) is 8.48. The third-order valence-corrected chi connectivity index (χ3v) is 5.04. The first-order chi connectivity index (χ1) is 10.7. The molecular weight excluding hydrogens is 279 g/mol. The lowest BCUT2D eigenvalue weighted by Gasteiger charge is -2.31. The number of carbonyl (C=O) groups is 1. The van der Waals surface area contributed by atoms with Gasteiger partial charge in [0, 0.05) is 17.5 Å². The van der Waals surface area contributed by atoms with Crippen molar-refractivity contribution >= 4 is 5.78 Å². The van der Waals surface area contributed by atoms with E-state index in [1.165, 1.54) is 37.9 Å². The van der Waals surface area contributed by atoms with Gasteiger partial charge in [0.15, 0.2) is 5.78 Å². The maximum atomic E-state index is 12.9. The van der Waals surface area contributed by atoms with Crippen LogP contribution in [0, 0.1) is 11.7 Å². The lowest BCUT2D eigenvalue weighted by atomic mass is 9.89. The lowest BCUT2D eigenvalue weighted by Crippen LogP contribution is -2.38. The number of carbonyl (C=O) groups excluding carboxylic acids is 1. The van der Waals surface area contributed by atoms with Gasteiger partial charge in [-0.3, -0.25) is 4.79 Å². The van der Waals surface area contributed by atoms with Crippen LogP contribution in [0.2, 0.25) is 0 Å². The maximum Gasteiger partial charge on any atom is 0.166 e. The molecule has 22 heavy (non-hydrogen) atoms. The van der Waals surface area contributed by atoms with Gasteiger partial charge in [0.2, 0.25) is 0 Å². The van der Waals surface area contributed by atoms with Crippen LogP contribution in [0.1, 0.15) is 42.5 Å². The van der Waals surface area contributed by atoms with Gasteiger partial charge >= 0.3 is 0 Å². The Morgan fingerprint density at radius 2 is 1.91 bits per heavy atom.